The van der Waals surface area contributed by atoms with Gasteiger partial charge in [-0.3, -0.25) is 4.79 Å². The van der Waals surface area contributed by atoms with Crippen molar-refractivity contribution in [3.63, 3.8) is 0 Å². The van der Waals surface area contributed by atoms with Gasteiger partial charge in [-0.2, -0.15) is 10.2 Å². The third-order valence-corrected chi connectivity index (χ3v) is 2.92. The first-order valence-corrected chi connectivity index (χ1v) is 5.47. The Morgan fingerprint density at radius 2 is 2.06 bits per heavy atom. The summed E-state index contributed by atoms with van der Waals surface area (Å²) in [7, 11) is 0. The van der Waals surface area contributed by atoms with Gasteiger partial charge in [0.05, 0.1) is 12.6 Å². The molecule has 1 aliphatic rings. The monoisotopic (exact) mass is 242 g/mol. The van der Waals surface area contributed by atoms with E-state index in [9.17, 15) is 4.79 Å². The van der Waals surface area contributed by atoms with E-state index in [0.29, 0.717) is 5.82 Å². The van der Waals surface area contributed by atoms with Gasteiger partial charge in [-0.1, -0.05) is 30.3 Å². The van der Waals surface area contributed by atoms with Crippen molar-refractivity contribution in [1.29, 1.82) is 0 Å². The largest absolute Gasteiger partial charge is 0.481 e. The summed E-state index contributed by atoms with van der Waals surface area (Å²) in [5.41, 5.74) is -0.301. The molecule has 2 aromatic rings. The second-order valence-corrected chi connectivity index (χ2v) is 4.05. The number of fused-ring (bicyclic) bond motifs is 1. The second-order valence-electron chi connectivity index (χ2n) is 4.05. The van der Waals surface area contributed by atoms with Crippen LogP contribution in [0.2, 0.25) is 0 Å². The van der Waals surface area contributed by atoms with Crippen LogP contribution in [0.5, 0.6) is 0 Å². The summed E-state index contributed by atoms with van der Waals surface area (Å²) < 4.78 is 1.55. The molecule has 1 N–H and O–H groups in total. The number of rotatable bonds is 3. The highest BCUT2D eigenvalue weighted by Crippen LogP contribution is 2.40. The van der Waals surface area contributed by atoms with Crippen molar-refractivity contribution >= 4 is 11.8 Å². The number of benzene rings is 1. The van der Waals surface area contributed by atoms with Crippen LogP contribution in [0.15, 0.2) is 52.8 Å². The molecule has 0 amide bonds. The zero-order chi connectivity index (χ0) is 12.6. The first kappa shape index (κ1) is 10.6. The molecule has 1 unspecified atom stereocenters. The molecule has 0 fully saturated rings. The van der Waals surface area contributed by atoms with Crippen LogP contribution < -0.4 is 0 Å². The van der Waals surface area contributed by atoms with Gasteiger partial charge in [0.1, 0.15) is 0 Å². The summed E-state index contributed by atoms with van der Waals surface area (Å²) in [6.07, 6.45) is 1.41. The summed E-state index contributed by atoms with van der Waals surface area (Å²) in [4.78, 5) is 11.1. The average Bonchev–Trinajstić information content (AvgIpc) is 2.94. The van der Waals surface area contributed by atoms with Crippen LogP contribution in [0.25, 0.3) is 0 Å². The van der Waals surface area contributed by atoms with Crippen molar-refractivity contribution in [1.82, 2.24) is 9.78 Å². The zero-order valence-corrected chi connectivity index (χ0v) is 9.39. The van der Waals surface area contributed by atoms with E-state index in [4.69, 9.17) is 5.11 Å². The van der Waals surface area contributed by atoms with Crippen molar-refractivity contribution in [2.45, 2.75) is 12.1 Å². The summed E-state index contributed by atoms with van der Waals surface area (Å²) in [6, 6.07) is 10.9. The minimum absolute atomic E-state index is 0.185. The van der Waals surface area contributed by atoms with Gasteiger partial charge < -0.3 is 5.11 Å². The van der Waals surface area contributed by atoms with Crippen LogP contribution >= 0.6 is 0 Å². The van der Waals surface area contributed by atoms with Gasteiger partial charge in [-0.15, -0.1) is 5.11 Å². The summed E-state index contributed by atoms with van der Waals surface area (Å²) >= 11 is 0. The first-order valence-electron chi connectivity index (χ1n) is 5.47. The number of aromatic nitrogens is 2. The highest BCUT2D eigenvalue weighted by Gasteiger charge is 2.42. The minimum atomic E-state index is -1.06. The molecule has 6 nitrogen and oxygen atoms in total. The topological polar surface area (TPSA) is 79.8 Å². The van der Waals surface area contributed by atoms with Crippen molar-refractivity contribution in [2.24, 2.45) is 10.2 Å². The smallest absolute Gasteiger partial charge is 0.308 e. The van der Waals surface area contributed by atoms with Gasteiger partial charge in [0.25, 0.3) is 0 Å². The maximum absolute atomic E-state index is 11.1. The van der Waals surface area contributed by atoms with Crippen LogP contribution in [0.1, 0.15) is 12.0 Å². The zero-order valence-electron chi connectivity index (χ0n) is 9.39. The number of azo groups is 1. The fourth-order valence-electron chi connectivity index (χ4n) is 2.14. The molecule has 1 aromatic carbocycles. The number of nitrogens with zero attached hydrogens (tertiary/aromatic N) is 4. The molecule has 0 saturated heterocycles. The Kier molecular flexibility index (Phi) is 2.22. The molecule has 1 aliphatic heterocycles. The Labute approximate surface area is 103 Å². The van der Waals surface area contributed by atoms with Crippen molar-refractivity contribution in [2.75, 3.05) is 0 Å². The molecule has 2 heterocycles. The van der Waals surface area contributed by atoms with E-state index >= 15 is 0 Å². The van der Waals surface area contributed by atoms with E-state index in [2.05, 4.69) is 15.3 Å². The van der Waals surface area contributed by atoms with E-state index in [1.54, 1.807) is 16.9 Å². The third-order valence-electron chi connectivity index (χ3n) is 2.92. The molecule has 3 rings (SSSR count). The fourth-order valence-corrected chi connectivity index (χ4v) is 2.14. The van der Waals surface area contributed by atoms with E-state index in [1.807, 2.05) is 30.3 Å². The standard InChI is InChI=1S/C12H10N4O2/c17-11(18)8-12(9-4-2-1-3-5-9)15-14-10-6-7-13-16(10)12/h1-7H,8H2,(H,17,18). The molecule has 0 radical (unpaired) electrons. The molecule has 90 valence electrons. The van der Waals surface area contributed by atoms with Gasteiger partial charge in [0, 0.05) is 11.6 Å². The Hall–Kier alpha value is -2.50. The van der Waals surface area contributed by atoms with Crippen LogP contribution in [0.3, 0.4) is 0 Å². The van der Waals surface area contributed by atoms with E-state index < -0.39 is 11.6 Å². The molecule has 0 bridgehead atoms. The van der Waals surface area contributed by atoms with Crippen LogP contribution in [-0.2, 0) is 10.5 Å². The molecule has 6 heteroatoms. The average molecular weight is 242 g/mol. The van der Waals surface area contributed by atoms with E-state index in [1.165, 1.54) is 0 Å². The molecular weight excluding hydrogens is 232 g/mol. The quantitative estimate of drug-likeness (QED) is 0.895. The molecule has 0 spiro atoms. The van der Waals surface area contributed by atoms with Crippen LogP contribution in [0, 0.1) is 0 Å². The highest BCUT2D eigenvalue weighted by molar-refractivity contribution is 5.69. The number of hydrogen-bond acceptors (Lipinski definition) is 4. The minimum Gasteiger partial charge on any atom is -0.481 e. The molecule has 0 saturated carbocycles. The first-order chi connectivity index (χ1) is 8.72. The van der Waals surface area contributed by atoms with Crippen molar-refractivity contribution < 1.29 is 9.90 Å². The van der Waals surface area contributed by atoms with Crippen molar-refractivity contribution in [3.8, 4) is 0 Å². The highest BCUT2D eigenvalue weighted by atomic mass is 16.4. The summed E-state index contributed by atoms with van der Waals surface area (Å²) in [5.74, 6) is -0.374. The maximum atomic E-state index is 11.1. The van der Waals surface area contributed by atoms with Crippen molar-refractivity contribution in [3.05, 3.63) is 48.2 Å². The molecule has 1 atom stereocenters. The van der Waals surface area contributed by atoms with E-state index in [0.717, 1.165) is 5.56 Å². The maximum Gasteiger partial charge on any atom is 0.308 e. The van der Waals surface area contributed by atoms with Gasteiger partial charge in [-0.25, -0.2) is 4.68 Å². The Morgan fingerprint density at radius 3 is 2.78 bits per heavy atom. The van der Waals surface area contributed by atoms with Crippen LogP contribution in [0.4, 0.5) is 5.82 Å². The fraction of sp³-hybridized carbons (Fsp3) is 0.167. The Balaban J connectivity index is 2.19. The molecular formula is C12H10N4O2. The number of hydrogen-bond donors (Lipinski definition) is 1. The summed E-state index contributed by atoms with van der Waals surface area (Å²) in [5, 5.41) is 21.4. The Bertz CT molecular complexity index is 620. The SMILES string of the molecule is O=C(O)CC1(c2ccccc2)N=Nc2ccnn21. The number of aliphatic carboxylic acids is 1. The Morgan fingerprint density at radius 1 is 1.28 bits per heavy atom. The molecule has 0 aliphatic carbocycles. The van der Waals surface area contributed by atoms with Crippen LogP contribution in [-0.4, -0.2) is 20.9 Å². The molecule has 1 aromatic heterocycles. The lowest BCUT2D eigenvalue weighted by Crippen LogP contribution is -2.33. The third kappa shape index (κ3) is 1.42. The predicted molar refractivity (Wildman–Crippen MR) is 62.5 cm³/mol. The lowest BCUT2D eigenvalue weighted by atomic mass is 9.97. The molecule has 18 heavy (non-hydrogen) atoms. The number of carboxylic acid groups (broad SMARTS) is 1. The normalized spacial score (nSPS) is 20.9. The van der Waals surface area contributed by atoms with Gasteiger partial charge in [0.15, 0.2) is 5.82 Å². The van der Waals surface area contributed by atoms with Gasteiger partial charge in [-0.05, 0) is 0 Å². The summed E-state index contributed by atoms with van der Waals surface area (Å²) in [6.45, 7) is 0. The van der Waals surface area contributed by atoms with Gasteiger partial charge >= 0.3 is 5.97 Å². The van der Waals surface area contributed by atoms with E-state index in [-0.39, 0.29) is 6.42 Å². The lowest BCUT2D eigenvalue weighted by Gasteiger charge is -2.24. The van der Waals surface area contributed by atoms with Gasteiger partial charge in [0.2, 0.25) is 5.66 Å². The predicted octanol–water partition coefficient (Wildman–Crippen LogP) is 2.16. The lowest BCUT2D eigenvalue weighted by molar-refractivity contribution is -0.138. The number of carboxylic acids is 1. The number of carbonyl (C=O) groups is 1. The second kappa shape index (κ2) is 3.76.